The van der Waals surface area contributed by atoms with E-state index in [1.54, 1.807) is 30.3 Å². The Kier molecular flexibility index (Phi) is 9.55. The standard InChI is InChI=1S/C22H29N2O10P/c1-15(22(28)31-11-10-30-2)23-35(29,34-17-6-4-3-5-7-17)32-14-19-18(26)13-21(33-19)24-9-8-16(25)12-20(24)27/h3-9,15,18-19,21,26H,10-14H2,1-2H3,(H,23,29)/t15-,18-,19+,21+,35-/m0/s1. The van der Waals surface area contributed by atoms with Gasteiger partial charge in [0.05, 0.1) is 25.7 Å². The molecule has 35 heavy (non-hydrogen) atoms. The van der Waals surface area contributed by atoms with Crippen molar-refractivity contribution in [2.75, 3.05) is 26.9 Å². The third-order valence-electron chi connectivity index (χ3n) is 5.16. The van der Waals surface area contributed by atoms with Crippen molar-refractivity contribution >= 4 is 25.4 Å². The van der Waals surface area contributed by atoms with Crippen LogP contribution in [0.1, 0.15) is 19.8 Å². The Morgan fingerprint density at radius 2 is 2.03 bits per heavy atom. The summed E-state index contributed by atoms with van der Waals surface area (Å²) in [6, 6.07) is 7.15. The number of ketones is 1. The van der Waals surface area contributed by atoms with Crippen LogP contribution in [0.4, 0.5) is 0 Å². The second-order valence-corrected chi connectivity index (χ2v) is 9.59. The van der Waals surface area contributed by atoms with E-state index in [1.165, 1.54) is 31.2 Å². The molecule has 0 spiro atoms. The van der Waals surface area contributed by atoms with Gasteiger partial charge in [-0.25, -0.2) is 4.57 Å². The van der Waals surface area contributed by atoms with Gasteiger partial charge in [-0.3, -0.25) is 23.8 Å². The second kappa shape index (κ2) is 12.4. The number of nitrogens with zero attached hydrogens (tertiary/aromatic N) is 1. The van der Waals surface area contributed by atoms with Crippen LogP contribution in [0.5, 0.6) is 5.75 Å². The summed E-state index contributed by atoms with van der Waals surface area (Å²) in [6.07, 6.45) is -0.435. The SMILES string of the molecule is COCCOC(=O)[C@H](C)N[P@](=O)(OC[C@H]1O[C@@H](N2C=CC(=O)CC2=O)C[C@@H]1O)Oc1ccccc1. The number of hydrogen-bond acceptors (Lipinski definition) is 10. The summed E-state index contributed by atoms with van der Waals surface area (Å²) in [4.78, 5) is 37.0. The molecule has 0 radical (unpaired) electrons. The Morgan fingerprint density at radius 1 is 1.29 bits per heavy atom. The molecule has 5 atom stereocenters. The van der Waals surface area contributed by atoms with Crippen LogP contribution < -0.4 is 9.61 Å². The molecule has 192 valence electrons. The number of hydrogen-bond donors (Lipinski definition) is 2. The van der Waals surface area contributed by atoms with Gasteiger partial charge in [0, 0.05) is 19.7 Å². The van der Waals surface area contributed by atoms with Crippen LogP contribution in [0, 0.1) is 0 Å². The molecular weight excluding hydrogens is 483 g/mol. The second-order valence-electron chi connectivity index (χ2n) is 7.90. The lowest BCUT2D eigenvalue weighted by atomic mass is 10.1. The van der Waals surface area contributed by atoms with Crippen molar-refractivity contribution in [2.45, 2.75) is 44.2 Å². The Bertz CT molecular complexity index is 972. The molecule has 13 heteroatoms. The zero-order valence-electron chi connectivity index (χ0n) is 19.4. The maximum atomic E-state index is 13.5. The number of ether oxygens (including phenoxy) is 3. The molecule has 0 aromatic heterocycles. The van der Waals surface area contributed by atoms with E-state index >= 15 is 0 Å². The third kappa shape index (κ3) is 7.69. The Morgan fingerprint density at radius 3 is 2.71 bits per heavy atom. The predicted molar refractivity (Wildman–Crippen MR) is 121 cm³/mol. The maximum Gasteiger partial charge on any atom is 0.459 e. The average molecular weight is 512 g/mol. The summed E-state index contributed by atoms with van der Waals surface area (Å²) in [6.45, 7) is 1.29. The van der Waals surface area contributed by atoms with Crippen LogP contribution in [0.2, 0.25) is 0 Å². The first kappa shape index (κ1) is 27.0. The molecule has 12 nitrogen and oxygen atoms in total. The van der Waals surface area contributed by atoms with Crippen molar-refractivity contribution < 1.29 is 47.3 Å². The molecule has 0 saturated carbocycles. The number of aliphatic hydroxyl groups is 1. The highest BCUT2D eigenvalue weighted by molar-refractivity contribution is 7.52. The first-order valence-electron chi connectivity index (χ1n) is 11.0. The van der Waals surface area contributed by atoms with Crippen molar-refractivity contribution in [1.82, 2.24) is 9.99 Å². The average Bonchev–Trinajstić information content (AvgIpc) is 3.18. The van der Waals surface area contributed by atoms with Crippen LogP contribution >= 0.6 is 7.75 Å². The van der Waals surface area contributed by atoms with Gasteiger partial charge in [-0.1, -0.05) is 18.2 Å². The van der Waals surface area contributed by atoms with Crippen molar-refractivity contribution in [1.29, 1.82) is 0 Å². The summed E-state index contributed by atoms with van der Waals surface area (Å²) < 4.78 is 40.2. The number of nitrogens with one attached hydrogen (secondary N) is 1. The van der Waals surface area contributed by atoms with Gasteiger partial charge in [-0.15, -0.1) is 0 Å². The summed E-state index contributed by atoms with van der Waals surface area (Å²) in [5, 5.41) is 13.0. The van der Waals surface area contributed by atoms with Gasteiger partial charge in [0.25, 0.3) is 0 Å². The zero-order chi connectivity index (χ0) is 25.4. The van der Waals surface area contributed by atoms with Crippen molar-refractivity contribution in [3.63, 3.8) is 0 Å². The monoisotopic (exact) mass is 512 g/mol. The van der Waals surface area contributed by atoms with Crippen molar-refractivity contribution in [2.24, 2.45) is 0 Å². The zero-order valence-corrected chi connectivity index (χ0v) is 20.3. The fourth-order valence-corrected chi connectivity index (χ4v) is 4.86. The first-order valence-corrected chi connectivity index (χ1v) is 12.5. The molecule has 3 rings (SSSR count). The third-order valence-corrected chi connectivity index (χ3v) is 6.81. The van der Waals surface area contributed by atoms with E-state index in [1.807, 2.05) is 0 Å². The normalized spacial score (nSPS) is 24.8. The van der Waals surface area contributed by atoms with E-state index in [-0.39, 0.29) is 44.2 Å². The molecule has 0 aliphatic carbocycles. The molecule has 2 N–H and O–H groups in total. The number of benzene rings is 1. The van der Waals surface area contributed by atoms with E-state index in [0.29, 0.717) is 0 Å². The highest BCUT2D eigenvalue weighted by Crippen LogP contribution is 2.45. The van der Waals surface area contributed by atoms with Gasteiger partial charge in [0.15, 0.2) is 5.78 Å². The molecule has 0 unspecified atom stereocenters. The number of amides is 1. The van der Waals surface area contributed by atoms with Gasteiger partial charge in [-0.05, 0) is 25.1 Å². The van der Waals surface area contributed by atoms with Gasteiger partial charge in [0.1, 0.15) is 30.7 Å². The van der Waals surface area contributed by atoms with Crippen LogP contribution in [0.25, 0.3) is 0 Å². The number of para-hydroxylation sites is 1. The van der Waals surface area contributed by atoms with Crippen molar-refractivity contribution in [3.05, 3.63) is 42.6 Å². The minimum Gasteiger partial charge on any atom is -0.462 e. The lowest BCUT2D eigenvalue weighted by Crippen LogP contribution is -2.39. The van der Waals surface area contributed by atoms with Gasteiger partial charge in [-0.2, -0.15) is 5.09 Å². The molecular formula is C22H29N2O10P. The van der Waals surface area contributed by atoms with Crippen LogP contribution in [0.15, 0.2) is 42.6 Å². The Balaban J connectivity index is 1.65. The summed E-state index contributed by atoms with van der Waals surface area (Å²) in [5.41, 5.74) is 0. The van der Waals surface area contributed by atoms with E-state index in [9.17, 15) is 24.1 Å². The lowest BCUT2D eigenvalue weighted by Gasteiger charge is -2.27. The van der Waals surface area contributed by atoms with E-state index in [0.717, 1.165) is 0 Å². The highest BCUT2D eigenvalue weighted by atomic mass is 31.2. The number of carbonyl (C=O) groups is 3. The summed E-state index contributed by atoms with van der Waals surface area (Å²) >= 11 is 0. The van der Waals surface area contributed by atoms with Crippen LogP contribution in [-0.2, 0) is 37.7 Å². The number of esters is 1. The number of rotatable bonds is 12. The molecule has 1 fully saturated rings. The summed E-state index contributed by atoms with van der Waals surface area (Å²) in [5.74, 6) is -1.23. The molecule has 0 bridgehead atoms. The van der Waals surface area contributed by atoms with Crippen LogP contribution in [0.3, 0.4) is 0 Å². The van der Waals surface area contributed by atoms with E-state index in [4.69, 9.17) is 23.3 Å². The van der Waals surface area contributed by atoms with Crippen molar-refractivity contribution in [3.8, 4) is 5.75 Å². The molecule has 1 aromatic carbocycles. The van der Waals surface area contributed by atoms with Gasteiger partial charge >= 0.3 is 13.7 Å². The minimum absolute atomic E-state index is 0.0187. The number of methoxy groups -OCH3 is 1. The summed E-state index contributed by atoms with van der Waals surface area (Å²) in [7, 11) is -2.69. The molecule has 2 heterocycles. The molecule has 2 aliphatic heterocycles. The molecule has 1 amide bonds. The lowest BCUT2D eigenvalue weighted by molar-refractivity contribution is -0.146. The molecule has 2 aliphatic rings. The van der Waals surface area contributed by atoms with Gasteiger partial charge < -0.3 is 23.8 Å². The smallest absolute Gasteiger partial charge is 0.459 e. The number of aliphatic hydroxyl groups excluding tert-OH is 1. The van der Waals surface area contributed by atoms with E-state index < -0.39 is 44.1 Å². The molecule has 1 saturated heterocycles. The quantitative estimate of drug-likeness (QED) is 0.180. The number of allylic oxidation sites excluding steroid dienone is 1. The maximum absolute atomic E-state index is 13.5. The fraction of sp³-hybridized carbons (Fsp3) is 0.500. The number of carbonyl (C=O) groups excluding carboxylic acids is 3. The molecule has 1 aromatic rings. The largest absolute Gasteiger partial charge is 0.462 e. The topological polar surface area (TPSA) is 150 Å². The Labute approximate surface area is 202 Å². The fourth-order valence-electron chi connectivity index (χ4n) is 3.36. The van der Waals surface area contributed by atoms with Crippen LogP contribution in [-0.4, -0.2) is 79.1 Å². The minimum atomic E-state index is -4.15. The first-order chi connectivity index (χ1) is 16.7. The predicted octanol–water partition coefficient (Wildman–Crippen LogP) is 1.15. The Hall–Kier alpha value is -2.60. The van der Waals surface area contributed by atoms with Gasteiger partial charge in [0.2, 0.25) is 5.91 Å². The highest BCUT2D eigenvalue weighted by Gasteiger charge is 2.42. The van der Waals surface area contributed by atoms with E-state index in [2.05, 4.69) is 5.09 Å².